The van der Waals surface area contributed by atoms with Crippen LogP contribution in [0.2, 0.25) is 0 Å². The molecule has 5 aromatic rings. The van der Waals surface area contributed by atoms with Crippen LogP contribution >= 0.6 is 12.0 Å². The van der Waals surface area contributed by atoms with E-state index in [1.807, 2.05) is 0 Å². The van der Waals surface area contributed by atoms with Crippen molar-refractivity contribution in [1.29, 1.82) is 0 Å². The van der Waals surface area contributed by atoms with Gasteiger partial charge in [-0.3, -0.25) is 13.7 Å². The van der Waals surface area contributed by atoms with Gasteiger partial charge in [-0.05, 0) is 79.2 Å². The third kappa shape index (κ3) is 15.5. The van der Waals surface area contributed by atoms with Crippen LogP contribution in [-0.4, -0.2) is 83.8 Å². The molecule has 0 bridgehead atoms. The molecule has 0 amide bonds. The largest absolute Gasteiger partial charge is 0.491 e. The average molecular weight is 893 g/mol. The summed E-state index contributed by atoms with van der Waals surface area (Å²) in [5.41, 5.74) is 1.98. The molecule has 27 heteroatoms. The van der Waals surface area contributed by atoms with Gasteiger partial charge in [-0.25, -0.2) is 5.26 Å². The van der Waals surface area contributed by atoms with E-state index in [0.29, 0.717) is 27.6 Å². The number of aromatic nitrogens is 3. The van der Waals surface area contributed by atoms with Gasteiger partial charge in [0.2, 0.25) is 17.8 Å². The lowest BCUT2D eigenvalue weighted by molar-refractivity contribution is -0.432. The highest BCUT2D eigenvalue weighted by Gasteiger charge is 2.14. The SMILES string of the molecule is O=S(=O)(O)CCCOc1cc(N=Nc2cccc(SOOO)c2)ccc1Nc1nc(NCCS(=O)(=O)O)nc(Nc2ccc(N=Nc3cccc(S(=O)(=O)O)c3)cc2)n1. The lowest BCUT2D eigenvalue weighted by Gasteiger charge is -2.15. The van der Waals surface area contributed by atoms with Gasteiger partial charge in [0.1, 0.15) is 5.75 Å². The molecule has 23 nitrogen and oxygen atoms in total. The van der Waals surface area contributed by atoms with Gasteiger partial charge >= 0.3 is 0 Å². The molecule has 5 rings (SSSR count). The first kappa shape index (κ1) is 44.4. The monoisotopic (exact) mass is 892 g/mol. The smallest absolute Gasteiger partial charge is 0.294 e. The molecule has 0 aliphatic rings. The first-order chi connectivity index (χ1) is 28.0. The Morgan fingerprint density at radius 2 is 1.24 bits per heavy atom. The van der Waals surface area contributed by atoms with E-state index in [4.69, 9.17) is 14.5 Å². The van der Waals surface area contributed by atoms with E-state index in [1.54, 1.807) is 60.7 Å². The van der Waals surface area contributed by atoms with E-state index in [-0.39, 0.29) is 59.4 Å². The summed E-state index contributed by atoms with van der Waals surface area (Å²) in [5, 5.41) is 37.2. The molecule has 0 aliphatic carbocycles. The predicted octanol–water partition coefficient (Wildman–Crippen LogP) is 6.82. The summed E-state index contributed by atoms with van der Waals surface area (Å²) < 4.78 is 106. The van der Waals surface area contributed by atoms with Crippen molar-refractivity contribution >= 4 is 94.4 Å². The summed E-state index contributed by atoms with van der Waals surface area (Å²) in [6.07, 6.45) is -0.0723. The zero-order valence-electron chi connectivity index (χ0n) is 29.9. The Morgan fingerprint density at radius 3 is 1.90 bits per heavy atom. The second-order valence-corrected chi connectivity index (χ2v) is 16.9. The van der Waals surface area contributed by atoms with E-state index in [1.165, 1.54) is 24.3 Å². The highest BCUT2D eigenvalue weighted by atomic mass is 32.2. The molecule has 0 aliphatic heterocycles. The predicted molar refractivity (Wildman–Crippen MR) is 212 cm³/mol. The summed E-state index contributed by atoms with van der Waals surface area (Å²) in [4.78, 5) is 13.2. The fourth-order valence-corrected chi connectivity index (χ4v) is 6.30. The van der Waals surface area contributed by atoms with E-state index in [9.17, 15) is 34.4 Å². The van der Waals surface area contributed by atoms with Crippen molar-refractivity contribution in [3.05, 3.63) is 91.0 Å². The molecule has 1 aromatic heterocycles. The molecule has 0 unspecified atom stereocenters. The first-order valence-electron chi connectivity index (χ1n) is 16.5. The maximum atomic E-state index is 11.4. The van der Waals surface area contributed by atoms with Gasteiger partial charge in [-0.15, -0.1) is 4.33 Å². The third-order valence-corrected chi connectivity index (χ3v) is 10.0. The maximum Gasteiger partial charge on any atom is 0.294 e. The zero-order valence-corrected chi connectivity index (χ0v) is 33.2. The molecule has 0 atom stereocenters. The minimum atomic E-state index is -4.43. The van der Waals surface area contributed by atoms with Crippen molar-refractivity contribution in [3.63, 3.8) is 0 Å². The Morgan fingerprint density at radius 1 is 0.644 bits per heavy atom. The Balaban J connectivity index is 1.39. The Hall–Kier alpha value is -5.75. The fraction of sp³-hybridized carbons (Fsp3) is 0.156. The molecular formula is C32H32N10O13S4. The van der Waals surface area contributed by atoms with Crippen LogP contribution in [0.3, 0.4) is 0 Å². The fourth-order valence-electron chi connectivity index (χ4n) is 4.53. The molecule has 0 radical (unpaired) electrons. The molecule has 0 spiro atoms. The molecule has 0 saturated carbocycles. The zero-order chi connectivity index (χ0) is 42.5. The van der Waals surface area contributed by atoms with Gasteiger partial charge in [-0.2, -0.15) is 60.7 Å². The minimum absolute atomic E-state index is 0.0364. The van der Waals surface area contributed by atoms with Crippen molar-refractivity contribution in [2.45, 2.75) is 16.2 Å². The summed E-state index contributed by atoms with van der Waals surface area (Å²) in [5.74, 6) is -1.32. The molecule has 59 heavy (non-hydrogen) atoms. The summed E-state index contributed by atoms with van der Waals surface area (Å²) in [6, 6.07) is 22.8. The number of nitrogens with one attached hydrogen (secondary N) is 3. The lowest BCUT2D eigenvalue weighted by Crippen LogP contribution is -2.17. The molecule has 7 N–H and O–H groups in total. The summed E-state index contributed by atoms with van der Waals surface area (Å²) in [7, 11) is -13.0. The van der Waals surface area contributed by atoms with Crippen LogP contribution in [0.25, 0.3) is 0 Å². The van der Waals surface area contributed by atoms with Gasteiger partial charge in [0.25, 0.3) is 30.4 Å². The number of rotatable bonds is 21. The lowest BCUT2D eigenvalue weighted by atomic mass is 10.2. The van der Waals surface area contributed by atoms with Crippen LogP contribution in [0, 0.1) is 0 Å². The molecular weight excluding hydrogens is 861 g/mol. The molecule has 312 valence electrons. The Kier molecular flexibility index (Phi) is 15.3. The number of nitrogens with zero attached hydrogens (tertiary/aromatic N) is 7. The summed E-state index contributed by atoms with van der Waals surface area (Å²) in [6.45, 7) is -0.430. The van der Waals surface area contributed by atoms with Crippen molar-refractivity contribution in [3.8, 4) is 5.75 Å². The van der Waals surface area contributed by atoms with Gasteiger partial charge < -0.3 is 20.7 Å². The van der Waals surface area contributed by atoms with Crippen molar-refractivity contribution in [2.24, 2.45) is 20.5 Å². The molecule has 0 fully saturated rings. The number of benzene rings is 4. The maximum absolute atomic E-state index is 11.4. The van der Waals surface area contributed by atoms with Gasteiger partial charge in [0.15, 0.2) is 0 Å². The Bertz CT molecular complexity index is 2640. The van der Waals surface area contributed by atoms with Crippen LogP contribution in [0.1, 0.15) is 6.42 Å². The second kappa shape index (κ2) is 20.3. The van der Waals surface area contributed by atoms with Crippen LogP contribution in [-0.2, 0) is 39.7 Å². The van der Waals surface area contributed by atoms with E-state index >= 15 is 0 Å². The number of hydrogen-bond acceptors (Lipinski definition) is 21. The first-order valence-corrected chi connectivity index (χ1v) is 21.9. The number of hydrogen-bond donors (Lipinski definition) is 7. The van der Waals surface area contributed by atoms with E-state index < -0.39 is 41.9 Å². The average Bonchev–Trinajstić information content (AvgIpc) is 3.17. The number of ether oxygens (including phenoxy) is 1. The molecule has 0 saturated heterocycles. The van der Waals surface area contributed by atoms with Gasteiger partial charge in [-0.1, -0.05) is 17.2 Å². The van der Waals surface area contributed by atoms with Crippen molar-refractivity contribution < 1.29 is 58.3 Å². The van der Waals surface area contributed by atoms with Crippen LogP contribution in [0.15, 0.2) is 121 Å². The van der Waals surface area contributed by atoms with Crippen molar-refractivity contribution in [2.75, 3.05) is 40.6 Å². The third-order valence-electron chi connectivity index (χ3n) is 7.07. The van der Waals surface area contributed by atoms with Crippen LogP contribution < -0.4 is 20.7 Å². The van der Waals surface area contributed by atoms with Crippen LogP contribution in [0.5, 0.6) is 5.75 Å². The topological polar surface area (TPSA) is 335 Å². The number of azo groups is 2. The molecule has 4 aromatic carbocycles. The normalized spacial score (nSPS) is 12.2. The van der Waals surface area contributed by atoms with E-state index in [2.05, 4.69) is 60.7 Å². The second-order valence-electron chi connectivity index (χ2n) is 11.6. The summed E-state index contributed by atoms with van der Waals surface area (Å²) >= 11 is 0.731. The number of anilines is 5. The van der Waals surface area contributed by atoms with E-state index in [0.717, 1.165) is 18.1 Å². The van der Waals surface area contributed by atoms with Gasteiger partial charge in [0.05, 0.1) is 63.5 Å². The quantitative estimate of drug-likeness (QED) is 0.00991. The Labute approximate surface area is 340 Å². The van der Waals surface area contributed by atoms with Crippen LogP contribution in [0.4, 0.5) is 52.0 Å². The highest BCUT2D eigenvalue weighted by molar-refractivity contribution is 7.94. The standard InChI is InChI=1S/C32H32N10O13S4/c43-54-55-56-26-6-1-4-23(18-26)40-42-25-12-13-28(29(20-25)53-15-3-16-57(44,45)46)35-32-37-30(33-14-17-58(47,48)49)36-31(38-32)34-21-8-10-22(11-9-21)39-41-24-5-2-7-27(19-24)59(50,51)52/h1-2,4-13,18-20,43H,3,14-17H2,(H,44,45,46)(H,47,48,49)(H,50,51,52)(H3,33,34,35,36,37,38). The van der Waals surface area contributed by atoms with Gasteiger partial charge in [0, 0.05) is 23.2 Å². The molecule has 1 heterocycles. The van der Waals surface area contributed by atoms with Crippen molar-refractivity contribution in [1.82, 2.24) is 15.0 Å². The minimum Gasteiger partial charge on any atom is -0.491 e. The highest BCUT2D eigenvalue weighted by Crippen LogP contribution is 2.34.